The molecular formula is C17H22BN3. The quantitative estimate of drug-likeness (QED) is 0.655. The van der Waals surface area contributed by atoms with Crippen LogP contribution in [0.2, 0.25) is 0 Å². The van der Waals surface area contributed by atoms with Crippen LogP contribution in [0.4, 0.5) is 5.69 Å². The monoisotopic (exact) mass is 279 g/mol. The Bertz CT molecular complexity index is 596. The molecule has 1 aliphatic heterocycles. The SMILES string of the molecule is Bc1cc(C)cc(-c2ccc(N3CCN(N)CC3)cc2)c1. The number of aryl methyl sites for hydroxylation is 1. The van der Waals surface area contributed by atoms with Crippen LogP contribution >= 0.6 is 0 Å². The number of hydrogen-bond acceptors (Lipinski definition) is 3. The predicted molar refractivity (Wildman–Crippen MR) is 92.8 cm³/mol. The third-order valence-electron chi connectivity index (χ3n) is 4.10. The number of anilines is 1. The van der Waals surface area contributed by atoms with Crippen LogP contribution in [0.15, 0.2) is 42.5 Å². The highest BCUT2D eigenvalue weighted by molar-refractivity contribution is 6.32. The van der Waals surface area contributed by atoms with Crippen molar-refractivity contribution in [1.82, 2.24) is 5.01 Å². The van der Waals surface area contributed by atoms with Crippen LogP contribution in [-0.2, 0) is 0 Å². The summed E-state index contributed by atoms with van der Waals surface area (Å²) in [6.07, 6.45) is 0. The third-order valence-corrected chi connectivity index (χ3v) is 4.10. The van der Waals surface area contributed by atoms with Gasteiger partial charge in [-0.1, -0.05) is 41.4 Å². The van der Waals surface area contributed by atoms with Crippen LogP contribution in [0.3, 0.4) is 0 Å². The summed E-state index contributed by atoms with van der Waals surface area (Å²) in [4.78, 5) is 2.40. The first-order valence-corrected chi connectivity index (χ1v) is 7.55. The number of nitrogens with zero attached hydrogens (tertiary/aromatic N) is 2. The van der Waals surface area contributed by atoms with Crippen molar-refractivity contribution in [1.29, 1.82) is 0 Å². The van der Waals surface area contributed by atoms with E-state index in [2.05, 4.69) is 62.1 Å². The maximum Gasteiger partial charge on any atom is 0.139 e. The van der Waals surface area contributed by atoms with Gasteiger partial charge in [0.2, 0.25) is 0 Å². The number of benzene rings is 2. The summed E-state index contributed by atoms with van der Waals surface area (Å²) in [5.74, 6) is 5.81. The zero-order chi connectivity index (χ0) is 14.8. The van der Waals surface area contributed by atoms with Crippen LogP contribution in [0.5, 0.6) is 0 Å². The standard InChI is InChI=1S/C17H22BN3/c1-13-10-15(12-16(18)11-13)14-2-4-17(5-3-14)20-6-8-21(19)9-7-20/h2-5,10-12H,6-9,18-19H2,1H3. The van der Waals surface area contributed by atoms with Gasteiger partial charge < -0.3 is 4.90 Å². The molecule has 2 aromatic rings. The van der Waals surface area contributed by atoms with Gasteiger partial charge in [-0.05, 0) is 30.2 Å². The molecule has 0 bridgehead atoms. The fraction of sp³-hybridized carbons (Fsp3) is 0.294. The molecule has 4 heteroatoms. The molecule has 0 aromatic heterocycles. The van der Waals surface area contributed by atoms with E-state index < -0.39 is 0 Å². The second-order valence-corrected chi connectivity index (χ2v) is 5.95. The average molecular weight is 279 g/mol. The Morgan fingerprint density at radius 3 is 2.19 bits per heavy atom. The summed E-state index contributed by atoms with van der Waals surface area (Å²) in [6, 6.07) is 15.6. The molecule has 0 atom stereocenters. The van der Waals surface area contributed by atoms with Crippen molar-refractivity contribution >= 4 is 19.0 Å². The maximum atomic E-state index is 5.81. The van der Waals surface area contributed by atoms with E-state index in [0.717, 1.165) is 26.2 Å². The van der Waals surface area contributed by atoms with Gasteiger partial charge >= 0.3 is 0 Å². The van der Waals surface area contributed by atoms with Crippen molar-refractivity contribution in [3.05, 3.63) is 48.0 Å². The Balaban J connectivity index is 1.80. The van der Waals surface area contributed by atoms with Gasteiger partial charge in [0.1, 0.15) is 7.85 Å². The first-order valence-electron chi connectivity index (χ1n) is 7.55. The summed E-state index contributed by atoms with van der Waals surface area (Å²) in [7, 11) is 2.15. The molecule has 1 saturated heterocycles. The Labute approximate surface area is 127 Å². The summed E-state index contributed by atoms with van der Waals surface area (Å²) >= 11 is 0. The van der Waals surface area contributed by atoms with Crippen molar-refractivity contribution in [2.45, 2.75) is 6.92 Å². The van der Waals surface area contributed by atoms with E-state index in [-0.39, 0.29) is 0 Å². The molecule has 0 amide bonds. The number of piperazine rings is 1. The summed E-state index contributed by atoms with van der Waals surface area (Å²) in [5.41, 5.74) is 6.49. The van der Waals surface area contributed by atoms with Crippen molar-refractivity contribution < 1.29 is 0 Å². The Morgan fingerprint density at radius 1 is 0.905 bits per heavy atom. The van der Waals surface area contributed by atoms with Crippen LogP contribution in [-0.4, -0.2) is 39.0 Å². The normalized spacial score (nSPS) is 16.2. The molecule has 108 valence electrons. The van der Waals surface area contributed by atoms with Gasteiger partial charge in [-0.15, -0.1) is 0 Å². The van der Waals surface area contributed by atoms with E-state index in [1.807, 2.05) is 5.01 Å². The number of hydrogen-bond donors (Lipinski definition) is 1. The second-order valence-electron chi connectivity index (χ2n) is 5.95. The molecule has 3 rings (SSSR count). The molecule has 3 nitrogen and oxygen atoms in total. The zero-order valence-corrected chi connectivity index (χ0v) is 12.8. The Hall–Kier alpha value is -1.78. The minimum Gasteiger partial charge on any atom is -0.369 e. The molecule has 0 saturated carbocycles. The van der Waals surface area contributed by atoms with Gasteiger partial charge in [0.05, 0.1) is 0 Å². The number of rotatable bonds is 2. The fourth-order valence-electron chi connectivity index (χ4n) is 2.99. The minimum absolute atomic E-state index is 0.929. The lowest BCUT2D eigenvalue weighted by Crippen LogP contribution is -2.49. The van der Waals surface area contributed by atoms with Gasteiger partial charge in [0, 0.05) is 31.9 Å². The molecule has 0 unspecified atom stereocenters. The van der Waals surface area contributed by atoms with Gasteiger partial charge in [-0.2, -0.15) is 0 Å². The van der Waals surface area contributed by atoms with Crippen molar-refractivity contribution in [3.8, 4) is 11.1 Å². The molecular weight excluding hydrogens is 257 g/mol. The smallest absolute Gasteiger partial charge is 0.139 e. The topological polar surface area (TPSA) is 32.5 Å². The van der Waals surface area contributed by atoms with Crippen LogP contribution in [0, 0.1) is 6.92 Å². The highest BCUT2D eigenvalue weighted by Crippen LogP contribution is 2.23. The van der Waals surface area contributed by atoms with E-state index in [1.54, 1.807) is 0 Å². The van der Waals surface area contributed by atoms with Crippen LogP contribution in [0.25, 0.3) is 11.1 Å². The van der Waals surface area contributed by atoms with Gasteiger partial charge in [-0.3, -0.25) is 5.84 Å². The second kappa shape index (κ2) is 5.92. The van der Waals surface area contributed by atoms with E-state index >= 15 is 0 Å². The summed E-state index contributed by atoms with van der Waals surface area (Å²) < 4.78 is 0. The third kappa shape index (κ3) is 3.28. The van der Waals surface area contributed by atoms with Crippen molar-refractivity contribution in [2.75, 3.05) is 31.1 Å². The fourth-order valence-corrected chi connectivity index (χ4v) is 2.99. The predicted octanol–water partition coefficient (Wildman–Crippen LogP) is 0.916. The Morgan fingerprint density at radius 2 is 1.57 bits per heavy atom. The largest absolute Gasteiger partial charge is 0.369 e. The molecule has 0 radical (unpaired) electrons. The molecule has 0 aliphatic carbocycles. The maximum absolute atomic E-state index is 5.81. The lowest BCUT2D eigenvalue weighted by Gasteiger charge is -2.33. The van der Waals surface area contributed by atoms with Crippen molar-refractivity contribution in [3.63, 3.8) is 0 Å². The van der Waals surface area contributed by atoms with E-state index in [4.69, 9.17) is 5.84 Å². The Kier molecular flexibility index (Phi) is 4.00. The molecule has 2 N–H and O–H groups in total. The lowest BCUT2D eigenvalue weighted by molar-refractivity contribution is 0.266. The van der Waals surface area contributed by atoms with E-state index in [1.165, 1.54) is 27.8 Å². The zero-order valence-electron chi connectivity index (χ0n) is 12.8. The molecule has 21 heavy (non-hydrogen) atoms. The van der Waals surface area contributed by atoms with E-state index in [9.17, 15) is 0 Å². The molecule has 1 heterocycles. The highest BCUT2D eigenvalue weighted by Gasteiger charge is 2.14. The van der Waals surface area contributed by atoms with E-state index in [0.29, 0.717) is 0 Å². The molecule has 2 aromatic carbocycles. The van der Waals surface area contributed by atoms with Crippen LogP contribution in [0.1, 0.15) is 5.56 Å². The summed E-state index contributed by atoms with van der Waals surface area (Å²) in [5, 5.41) is 1.89. The van der Waals surface area contributed by atoms with Gasteiger partial charge in [0.15, 0.2) is 0 Å². The van der Waals surface area contributed by atoms with Crippen LogP contribution < -0.4 is 16.2 Å². The average Bonchev–Trinajstić information content (AvgIpc) is 2.47. The minimum atomic E-state index is 0.929. The number of nitrogens with two attached hydrogens (primary N) is 1. The van der Waals surface area contributed by atoms with Gasteiger partial charge in [-0.25, -0.2) is 5.01 Å². The lowest BCUT2D eigenvalue weighted by atomic mass is 9.90. The first-order chi connectivity index (χ1) is 10.1. The van der Waals surface area contributed by atoms with Gasteiger partial charge in [0.25, 0.3) is 0 Å². The first kappa shape index (κ1) is 14.2. The van der Waals surface area contributed by atoms with Crippen molar-refractivity contribution in [2.24, 2.45) is 5.84 Å². The molecule has 1 fully saturated rings. The highest BCUT2D eigenvalue weighted by atomic mass is 15.4. The summed E-state index contributed by atoms with van der Waals surface area (Å²) in [6.45, 7) is 6.01. The molecule has 0 spiro atoms. The molecule has 1 aliphatic rings. The number of hydrazine groups is 1.